The van der Waals surface area contributed by atoms with Crippen molar-refractivity contribution in [2.24, 2.45) is 0 Å². The highest BCUT2D eigenvalue weighted by atomic mass is 19.4. The van der Waals surface area contributed by atoms with Crippen molar-refractivity contribution < 1.29 is 22.7 Å². The summed E-state index contributed by atoms with van der Waals surface area (Å²) in [5, 5.41) is 0. The average molecular weight is 406 g/mol. The van der Waals surface area contributed by atoms with Gasteiger partial charge in [-0.25, -0.2) is 0 Å². The standard InChI is InChI=1S/C22H25F3N2O2/c1-26(15-16-29-20-10-6-5-9-19(20)22(23,24)25)18-11-13-27(14-12-18)21(28)17-7-3-2-4-8-17/h2-10,18H,11-16H2,1H3. The summed E-state index contributed by atoms with van der Waals surface area (Å²) in [6.45, 7) is 2.03. The third-order valence-corrected chi connectivity index (χ3v) is 5.29. The van der Waals surface area contributed by atoms with E-state index in [0.29, 0.717) is 25.2 Å². The molecule has 29 heavy (non-hydrogen) atoms. The summed E-state index contributed by atoms with van der Waals surface area (Å²) >= 11 is 0. The molecule has 0 radical (unpaired) electrons. The van der Waals surface area contributed by atoms with Crippen molar-refractivity contribution >= 4 is 5.91 Å². The number of halogens is 3. The molecule has 3 rings (SSSR count). The number of nitrogens with zero attached hydrogens (tertiary/aromatic N) is 2. The number of ether oxygens (including phenoxy) is 1. The molecule has 0 bridgehead atoms. The topological polar surface area (TPSA) is 32.8 Å². The van der Waals surface area contributed by atoms with Gasteiger partial charge in [0.05, 0.1) is 5.56 Å². The van der Waals surface area contributed by atoms with Gasteiger partial charge in [0.1, 0.15) is 12.4 Å². The van der Waals surface area contributed by atoms with Gasteiger partial charge in [0.15, 0.2) is 0 Å². The monoisotopic (exact) mass is 406 g/mol. The molecule has 0 spiro atoms. The van der Waals surface area contributed by atoms with Crippen molar-refractivity contribution in [1.29, 1.82) is 0 Å². The number of alkyl halides is 3. The molecule has 156 valence electrons. The molecule has 7 heteroatoms. The van der Waals surface area contributed by atoms with Gasteiger partial charge in [-0.05, 0) is 44.2 Å². The number of hydrogen-bond donors (Lipinski definition) is 0. The van der Waals surface area contributed by atoms with E-state index < -0.39 is 11.7 Å². The maximum Gasteiger partial charge on any atom is 0.419 e. The number of likely N-dealkylation sites (tertiary alicyclic amines) is 1. The van der Waals surface area contributed by atoms with E-state index in [1.807, 2.05) is 42.3 Å². The summed E-state index contributed by atoms with van der Waals surface area (Å²) in [7, 11) is 1.94. The zero-order valence-corrected chi connectivity index (χ0v) is 16.4. The maximum atomic E-state index is 13.0. The first-order valence-electron chi connectivity index (χ1n) is 9.70. The first kappa shape index (κ1) is 21.2. The Labute approximate surface area is 168 Å². The second-order valence-electron chi connectivity index (χ2n) is 7.21. The van der Waals surface area contributed by atoms with Gasteiger partial charge in [0, 0.05) is 31.2 Å². The third kappa shape index (κ3) is 5.50. The molecule has 0 N–H and O–H groups in total. The molecule has 1 aliphatic rings. The molecule has 2 aromatic carbocycles. The number of para-hydroxylation sites is 1. The zero-order valence-electron chi connectivity index (χ0n) is 16.4. The Morgan fingerprint density at radius 2 is 1.69 bits per heavy atom. The fourth-order valence-corrected chi connectivity index (χ4v) is 3.58. The number of amides is 1. The van der Waals surface area contributed by atoms with Crippen molar-refractivity contribution in [3.05, 3.63) is 65.7 Å². The van der Waals surface area contributed by atoms with E-state index in [2.05, 4.69) is 4.90 Å². The second-order valence-corrected chi connectivity index (χ2v) is 7.21. The van der Waals surface area contributed by atoms with E-state index >= 15 is 0 Å². The van der Waals surface area contributed by atoms with Gasteiger partial charge in [-0.15, -0.1) is 0 Å². The molecule has 1 saturated heterocycles. The van der Waals surface area contributed by atoms with Crippen molar-refractivity contribution in [2.45, 2.75) is 25.1 Å². The lowest BCUT2D eigenvalue weighted by Gasteiger charge is -2.36. The number of benzene rings is 2. The Bertz CT molecular complexity index is 803. The summed E-state index contributed by atoms with van der Waals surface area (Å²) < 4.78 is 44.5. The molecule has 1 heterocycles. The highest BCUT2D eigenvalue weighted by molar-refractivity contribution is 5.94. The van der Waals surface area contributed by atoms with Gasteiger partial charge < -0.3 is 9.64 Å². The Morgan fingerprint density at radius 1 is 1.07 bits per heavy atom. The minimum absolute atomic E-state index is 0.0406. The predicted molar refractivity (Wildman–Crippen MR) is 105 cm³/mol. The summed E-state index contributed by atoms with van der Waals surface area (Å²) in [5.74, 6) is -0.101. The first-order chi connectivity index (χ1) is 13.9. The lowest BCUT2D eigenvalue weighted by Crippen LogP contribution is -2.46. The van der Waals surface area contributed by atoms with Crippen LogP contribution in [0.5, 0.6) is 5.75 Å². The summed E-state index contributed by atoms with van der Waals surface area (Å²) in [4.78, 5) is 16.5. The molecule has 1 aliphatic heterocycles. The number of hydrogen-bond acceptors (Lipinski definition) is 3. The molecule has 1 amide bonds. The summed E-state index contributed by atoms with van der Waals surface area (Å²) in [6, 6.07) is 14.8. The van der Waals surface area contributed by atoms with Crippen LogP contribution in [0.2, 0.25) is 0 Å². The van der Waals surface area contributed by atoms with E-state index in [-0.39, 0.29) is 24.3 Å². The maximum absolute atomic E-state index is 13.0. The van der Waals surface area contributed by atoms with Crippen LogP contribution in [0.3, 0.4) is 0 Å². The molecule has 4 nitrogen and oxygen atoms in total. The fourth-order valence-electron chi connectivity index (χ4n) is 3.58. The third-order valence-electron chi connectivity index (χ3n) is 5.29. The van der Waals surface area contributed by atoms with Crippen molar-refractivity contribution in [3.8, 4) is 5.75 Å². The summed E-state index contributed by atoms with van der Waals surface area (Å²) in [6.07, 6.45) is -2.77. The van der Waals surface area contributed by atoms with Crippen LogP contribution < -0.4 is 4.74 Å². The molecule has 0 unspecified atom stereocenters. The average Bonchev–Trinajstić information content (AvgIpc) is 2.73. The van der Waals surface area contributed by atoms with Gasteiger partial charge >= 0.3 is 6.18 Å². The van der Waals surface area contributed by atoms with Crippen LogP contribution in [-0.2, 0) is 6.18 Å². The SMILES string of the molecule is CN(CCOc1ccccc1C(F)(F)F)C1CCN(C(=O)c2ccccc2)CC1. The van der Waals surface area contributed by atoms with Crippen LogP contribution in [0.4, 0.5) is 13.2 Å². The van der Waals surface area contributed by atoms with Crippen LogP contribution in [0.15, 0.2) is 54.6 Å². The van der Waals surface area contributed by atoms with Crippen LogP contribution in [-0.4, -0.2) is 55.0 Å². The highest BCUT2D eigenvalue weighted by Gasteiger charge is 2.34. The van der Waals surface area contributed by atoms with E-state index in [1.165, 1.54) is 18.2 Å². The number of rotatable bonds is 6. The Kier molecular flexibility index (Phi) is 6.79. The van der Waals surface area contributed by atoms with Gasteiger partial charge in [-0.2, -0.15) is 13.2 Å². The molecule has 2 aromatic rings. The van der Waals surface area contributed by atoms with Crippen molar-refractivity contribution in [2.75, 3.05) is 33.3 Å². The molecule has 1 fully saturated rings. The Hall–Kier alpha value is -2.54. The number of carbonyl (C=O) groups excluding carboxylic acids is 1. The fraction of sp³-hybridized carbons (Fsp3) is 0.409. The summed E-state index contributed by atoms with van der Waals surface area (Å²) in [5.41, 5.74) is -0.0635. The van der Waals surface area contributed by atoms with Crippen molar-refractivity contribution in [1.82, 2.24) is 9.80 Å². The normalized spacial score (nSPS) is 15.6. The van der Waals surface area contributed by atoms with Crippen LogP contribution >= 0.6 is 0 Å². The Morgan fingerprint density at radius 3 is 2.34 bits per heavy atom. The van der Waals surface area contributed by atoms with E-state index in [1.54, 1.807) is 0 Å². The smallest absolute Gasteiger partial charge is 0.419 e. The van der Waals surface area contributed by atoms with E-state index in [9.17, 15) is 18.0 Å². The van der Waals surface area contributed by atoms with Gasteiger partial charge in [-0.1, -0.05) is 30.3 Å². The molecule has 0 saturated carbocycles. The Balaban J connectivity index is 1.46. The second kappa shape index (κ2) is 9.31. The molecule has 0 atom stereocenters. The number of carbonyl (C=O) groups is 1. The zero-order chi connectivity index (χ0) is 20.9. The van der Waals surface area contributed by atoms with Crippen LogP contribution in [0, 0.1) is 0 Å². The highest BCUT2D eigenvalue weighted by Crippen LogP contribution is 2.35. The van der Waals surface area contributed by atoms with Crippen molar-refractivity contribution in [3.63, 3.8) is 0 Å². The van der Waals surface area contributed by atoms with Crippen LogP contribution in [0.25, 0.3) is 0 Å². The van der Waals surface area contributed by atoms with Gasteiger partial charge in [0.25, 0.3) is 5.91 Å². The van der Waals surface area contributed by atoms with Gasteiger partial charge in [0.2, 0.25) is 0 Å². The minimum Gasteiger partial charge on any atom is -0.492 e. The lowest BCUT2D eigenvalue weighted by molar-refractivity contribution is -0.139. The molecule has 0 aromatic heterocycles. The predicted octanol–water partition coefficient (Wildman–Crippen LogP) is 4.32. The largest absolute Gasteiger partial charge is 0.492 e. The minimum atomic E-state index is -4.43. The van der Waals surface area contributed by atoms with Crippen LogP contribution in [0.1, 0.15) is 28.8 Å². The molecular weight excluding hydrogens is 381 g/mol. The molecule has 0 aliphatic carbocycles. The lowest BCUT2D eigenvalue weighted by atomic mass is 10.0. The van der Waals surface area contributed by atoms with Gasteiger partial charge in [-0.3, -0.25) is 9.69 Å². The van der Waals surface area contributed by atoms with E-state index in [4.69, 9.17) is 4.74 Å². The first-order valence-corrected chi connectivity index (χ1v) is 9.70. The number of piperidine rings is 1. The quantitative estimate of drug-likeness (QED) is 0.716. The molecular formula is C22H25F3N2O2. The van der Waals surface area contributed by atoms with E-state index in [0.717, 1.165) is 18.9 Å². The number of likely N-dealkylation sites (N-methyl/N-ethyl adjacent to an activating group) is 1.